The Morgan fingerprint density at radius 1 is 1.02 bits per heavy atom. The summed E-state index contributed by atoms with van der Waals surface area (Å²) in [5.74, 6) is 1.16. The van der Waals surface area contributed by atoms with Crippen LogP contribution in [0.1, 0.15) is 26.3 Å². The number of carbonyl (C=O) groups is 1. The number of imidazole rings is 1. The largest absolute Gasteiger partial charge is 0.457 e. The monoisotopic (exact) mass is 607 g/mol. The van der Waals surface area contributed by atoms with Crippen molar-refractivity contribution < 1.29 is 9.53 Å². The van der Waals surface area contributed by atoms with Crippen molar-refractivity contribution in [2.45, 2.75) is 31.8 Å². The Balaban J connectivity index is 1.26. The number of hydrogen-bond acceptors (Lipinski definition) is 9. The van der Waals surface area contributed by atoms with Gasteiger partial charge in [0.2, 0.25) is 0 Å². The summed E-state index contributed by atoms with van der Waals surface area (Å²) in [4.78, 5) is 42.5. The molecule has 2 fully saturated rings. The molecular weight excluding hydrogens is 570 g/mol. The van der Waals surface area contributed by atoms with E-state index in [-0.39, 0.29) is 35.6 Å². The number of nitrogen functional groups attached to an aromatic ring is 1. The molecule has 2 aromatic carbocycles. The van der Waals surface area contributed by atoms with Crippen LogP contribution in [-0.4, -0.2) is 91.6 Å². The molecule has 6 rings (SSSR count). The Morgan fingerprint density at radius 3 is 2.40 bits per heavy atom. The number of ether oxygens (including phenoxy) is 1. The van der Waals surface area contributed by atoms with Gasteiger partial charge in [0.05, 0.1) is 11.7 Å². The van der Waals surface area contributed by atoms with Crippen molar-refractivity contribution in [3.8, 4) is 23.3 Å². The molecule has 0 bridgehead atoms. The minimum Gasteiger partial charge on any atom is -0.457 e. The molecule has 0 spiro atoms. The van der Waals surface area contributed by atoms with Crippen molar-refractivity contribution in [3.63, 3.8) is 0 Å². The first kappa shape index (κ1) is 30.1. The van der Waals surface area contributed by atoms with Gasteiger partial charge < -0.3 is 20.3 Å². The molecule has 12 heteroatoms. The predicted molar refractivity (Wildman–Crippen MR) is 171 cm³/mol. The number of anilines is 1. The van der Waals surface area contributed by atoms with Gasteiger partial charge in [-0.1, -0.05) is 18.2 Å². The molecule has 1 amide bonds. The molecule has 0 unspecified atom stereocenters. The molecule has 2 aromatic heterocycles. The number of para-hydroxylation sites is 1. The van der Waals surface area contributed by atoms with E-state index >= 15 is 0 Å². The van der Waals surface area contributed by atoms with Gasteiger partial charge in [-0.25, -0.2) is 14.8 Å². The van der Waals surface area contributed by atoms with Crippen molar-refractivity contribution in [2.75, 3.05) is 52.0 Å². The lowest BCUT2D eigenvalue weighted by molar-refractivity contribution is -0.125. The van der Waals surface area contributed by atoms with Gasteiger partial charge in [-0.2, -0.15) is 5.26 Å². The molecule has 0 saturated carbocycles. The van der Waals surface area contributed by atoms with E-state index in [1.54, 1.807) is 39.8 Å². The van der Waals surface area contributed by atoms with Crippen LogP contribution in [0.5, 0.6) is 11.5 Å². The first-order valence-electron chi connectivity index (χ1n) is 15.1. The van der Waals surface area contributed by atoms with Crippen molar-refractivity contribution in [1.29, 1.82) is 5.26 Å². The first-order chi connectivity index (χ1) is 21.7. The van der Waals surface area contributed by atoms with Gasteiger partial charge >= 0.3 is 5.69 Å². The number of nitriles is 1. The molecule has 2 aliphatic rings. The van der Waals surface area contributed by atoms with Gasteiger partial charge in [-0.15, -0.1) is 0 Å². The van der Waals surface area contributed by atoms with E-state index in [1.807, 2.05) is 44.2 Å². The Kier molecular flexibility index (Phi) is 8.14. The molecule has 2 saturated heterocycles. The third kappa shape index (κ3) is 5.92. The molecule has 12 nitrogen and oxygen atoms in total. The van der Waals surface area contributed by atoms with Crippen LogP contribution in [0.2, 0.25) is 0 Å². The summed E-state index contributed by atoms with van der Waals surface area (Å²) >= 11 is 0. The fraction of sp³-hybridized carbons (Fsp3) is 0.364. The molecule has 1 atom stereocenters. The van der Waals surface area contributed by atoms with Crippen molar-refractivity contribution in [3.05, 3.63) is 83.1 Å². The topological polar surface area (TPSA) is 139 Å². The van der Waals surface area contributed by atoms with Crippen LogP contribution >= 0.6 is 0 Å². The van der Waals surface area contributed by atoms with Gasteiger partial charge in [0.15, 0.2) is 11.5 Å². The lowest BCUT2D eigenvalue weighted by Gasteiger charge is -2.41. The van der Waals surface area contributed by atoms with E-state index in [2.05, 4.69) is 32.9 Å². The summed E-state index contributed by atoms with van der Waals surface area (Å²) in [5.41, 5.74) is 7.00. The highest BCUT2D eigenvalue weighted by atomic mass is 16.5. The summed E-state index contributed by atoms with van der Waals surface area (Å²) in [6.45, 7) is 8.33. The van der Waals surface area contributed by atoms with Gasteiger partial charge in [-0.3, -0.25) is 18.8 Å². The molecule has 2 N–H and O–H groups in total. The minimum atomic E-state index is -0.457. The molecule has 45 heavy (non-hydrogen) atoms. The lowest BCUT2D eigenvalue weighted by Crippen LogP contribution is -2.53. The second-order valence-electron chi connectivity index (χ2n) is 12.1. The van der Waals surface area contributed by atoms with Gasteiger partial charge in [0, 0.05) is 44.8 Å². The number of hydrogen-bond donors (Lipinski definition) is 1. The highest BCUT2D eigenvalue weighted by Gasteiger charge is 2.35. The predicted octanol–water partition coefficient (Wildman–Crippen LogP) is 3.21. The molecule has 4 heterocycles. The third-order valence-corrected chi connectivity index (χ3v) is 8.74. The number of benzene rings is 2. The van der Waals surface area contributed by atoms with Gasteiger partial charge in [0.25, 0.3) is 5.91 Å². The van der Waals surface area contributed by atoms with Crippen molar-refractivity contribution >= 4 is 22.9 Å². The van der Waals surface area contributed by atoms with Crippen molar-refractivity contribution in [2.24, 2.45) is 0 Å². The first-order valence-corrected chi connectivity index (χ1v) is 15.1. The normalized spacial score (nSPS) is 18.3. The van der Waals surface area contributed by atoms with Gasteiger partial charge in [0.1, 0.15) is 35.0 Å². The number of rotatable bonds is 7. The Morgan fingerprint density at radius 2 is 1.71 bits per heavy atom. The second kappa shape index (κ2) is 12.2. The fourth-order valence-electron chi connectivity index (χ4n) is 6.20. The summed E-state index contributed by atoms with van der Waals surface area (Å²) < 4.78 is 9.01. The zero-order valence-electron chi connectivity index (χ0n) is 25.8. The van der Waals surface area contributed by atoms with Crippen LogP contribution in [0.25, 0.3) is 16.9 Å². The lowest BCUT2D eigenvalue weighted by atomic mass is 9.97. The number of likely N-dealkylation sites (N-methyl/N-ethyl adjacent to an activating group) is 1. The van der Waals surface area contributed by atoms with Crippen LogP contribution in [0, 0.1) is 11.3 Å². The molecule has 2 aliphatic heterocycles. The molecule has 4 aromatic rings. The molecular formula is C33H37N9O3. The molecule has 232 valence electrons. The Labute approximate surface area is 261 Å². The maximum atomic E-state index is 14.1. The average Bonchev–Trinajstić information content (AvgIpc) is 3.63. The average molecular weight is 608 g/mol. The smallest absolute Gasteiger partial charge is 0.335 e. The number of fused-ring (bicyclic) bond motifs is 1. The third-order valence-electron chi connectivity index (χ3n) is 8.74. The maximum Gasteiger partial charge on any atom is 0.335 e. The van der Waals surface area contributed by atoms with E-state index in [0.717, 1.165) is 26.2 Å². The summed E-state index contributed by atoms with van der Waals surface area (Å²) in [6.07, 6.45) is 3.65. The number of nitrogens with two attached hydrogens (primary N) is 1. The van der Waals surface area contributed by atoms with E-state index in [0.29, 0.717) is 41.3 Å². The number of amides is 1. The van der Waals surface area contributed by atoms with E-state index in [9.17, 15) is 14.9 Å². The zero-order chi connectivity index (χ0) is 31.7. The van der Waals surface area contributed by atoms with Crippen molar-refractivity contribution in [1.82, 2.24) is 33.8 Å². The molecule has 0 radical (unpaired) electrons. The number of carbonyl (C=O) groups excluding carboxylic acids is 1. The van der Waals surface area contributed by atoms with Gasteiger partial charge in [-0.05, 0) is 69.8 Å². The summed E-state index contributed by atoms with van der Waals surface area (Å²) in [6, 6.07) is 18.4. The highest BCUT2D eigenvalue weighted by molar-refractivity contribution is 5.97. The van der Waals surface area contributed by atoms with Crippen LogP contribution in [0.3, 0.4) is 0 Å². The van der Waals surface area contributed by atoms with Crippen LogP contribution in [0.15, 0.2) is 77.4 Å². The number of aromatic nitrogens is 4. The SMILES string of the molecule is CN1CCN(C(C)(C)C=C(C#N)C(=O)N2CC[C@H](n3c(=O)n(-c4ccc(Oc5ccccc5)cc4)c4c(N)ncnc43)C2)CC1. The summed E-state index contributed by atoms with van der Waals surface area (Å²) in [7, 11) is 2.09. The highest BCUT2D eigenvalue weighted by Crippen LogP contribution is 2.30. The Bertz CT molecular complexity index is 1830. The number of likely N-dealkylation sites (tertiary alicyclic amines) is 1. The minimum absolute atomic E-state index is 0.110. The standard InChI is InChI=1S/C33H37N9O3/c1-33(2,40-17-15-38(3)16-18-40)19-23(20-34)31(43)39-14-13-25(21-39)42-30-28(29(35)36-22-37-30)41(32(42)44)24-9-11-27(12-10-24)45-26-7-5-4-6-8-26/h4-12,19,22,25H,13-18,21H2,1-3H3,(H2,35,36,37)/t25-/m0/s1. The maximum absolute atomic E-state index is 14.1. The quantitative estimate of drug-likeness (QED) is 0.248. The fourth-order valence-corrected chi connectivity index (χ4v) is 6.20. The summed E-state index contributed by atoms with van der Waals surface area (Å²) in [5, 5.41) is 10.0. The number of nitrogens with zero attached hydrogens (tertiary/aromatic N) is 8. The van der Waals surface area contributed by atoms with E-state index in [1.165, 1.54) is 10.9 Å². The Hall–Kier alpha value is -4.99. The van der Waals surface area contributed by atoms with Crippen LogP contribution in [-0.2, 0) is 4.79 Å². The number of piperazine rings is 1. The van der Waals surface area contributed by atoms with E-state index in [4.69, 9.17) is 10.5 Å². The van der Waals surface area contributed by atoms with Crippen LogP contribution in [0.4, 0.5) is 5.82 Å². The van der Waals surface area contributed by atoms with E-state index < -0.39 is 5.54 Å². The zero-order valence-corrected chi connectivity index (χ0v) is 25.8. The molecule has 0 aliphatic carbocycles. The van der Waals surface area contributed by atoms with Crippen LogP contribution < -0.4 is 16.2 Å². The second-order valence-corrected chi connectivity index (χ2v) is 12.1.